The minimum atomic E-state index is -3.77. The fraction of sp³-hybridized carbons (Fsp3) is 0.333. The summed E-state index contributed by atoms with van der Waals surface area (Å²) >= 11 is 0. The van der Waals surface area contributed by atoms with E-state index in [0.717, 1.165) is 18.0 Å². The number of aryl methyl sites for hydroxylation is 2. The van der Waals surface area contributed by atoms with E-state index in [1.54, 1.807) is 29.7 Å². The highest BCUT2D eigenvalue weighted by Crippen LogP contribution is 2.37. The average molecular weight is 516 g/mol. The summed E-state index contributed by atoms with van der Waals surface area (Å²) < 4.78 is 58.5. The molecule has 1 atom stereocenters. The van der Waals surface area contributed by atoms with Crippen molar-refractivity contribution in [1.82, 2.24) is 24.7 Å². The van der Waals surface area contributed by atoms with Crippen LogP contribution in [-0.2, 0) is 22.0 Å². The zero-order chi connectivity index (χ0) is 26.0. The van der Waals surface area contributed by atoms with E-state index in [4.69, 9.17) is 13.9 Å². The Hall–Kier alpha value is -3.80. The Balaban J connectivity index is 1.81. The maximum atomic E-state index is 13.4. The molecule has 0 saturated carbocycles. The Labute approximate surface area is 208 Å². The molecule has 0 saturated heterocycles. The lowest BCUT2D eigenvalue weighted by Gasteiger charge is -2.17. The molecule has 4 rings (SSSR count). The topological polar surface area (TPSA) is 122 Å². The number of hydrogen-bond donors (Lipinski definition) is 0. The SMILES string of the molecule is COc1cccc(OC)c1-n1c(CS(=O)(=O)[C@H](C)Cc2ncc(F)cn2)nnc1-c1cc(C)c(C)o1. The number of sulfone groups is 1. The number of aromatic nitrogens is 5. The van der Waals surface area contributed by atoms with Crippen molar-refractivity contribution in [2.75, 3.05) is 14.2 Å². The lowest BCUT2D eigenvalue weighted by molar-refractivity contribution is 0.390. The van der Waals surface area contributed by atoms with Crippen LogP contribution in [0.2, 0.25) is 0 Å². The first-order valence-corrected chi connectivity index (χ1v) is 12.8. The molecule has 0 aliphatic heterocycles. The van der Waals surface area contributed by atoms with E-state index in [1.807, 2.05) is 19.9 Å². The monoisotopic (exact) mass is 515 g/mol. The van der Waals surface area contributed by atoms with Crippen LogP contribution in [0.25, 0.3) is 17.3 Å². The third kappa shape index (κ3) is 4.94. The summed E-state index contributed by atoms with van der Waals surface area (Å²) in [7, 11) is -0.763. The highest BCUT2D eigenvalue weighted by molar-refractivity contribution is 7.91. The van der Waals surface area contributed by atoms with Gasteiger partial charge in [0.25, 0.3) is 0 Å². The predicted molar refractivity (Wildman–Crippen MR) is 129 cm³/mol. The summed E-state index contributed by atoms with van der Waals surface area (Å²) in [6.45, 7) is 5.28. The number of furan rings is 1. The lowest BCUT2D eigenvalue weighted by atomic mass is 10.2. The Morgan fingerprint density at radius 1 is 1.08 bits per heavy atom. The van der Waals surface area contributed by atoms with Crippen molar-refractivity contribution in [3.63, 3.8) is 0 Å². The van der Waals surface area contributed by atoms with Gasteiger partial charge in [0, 0.05) is 6.42 Å². The molecule has 0 N–H and O–H groups in total. The van der Waals surface area contributed by atoms with Crippen molar-refractivity contribution < 1.29 is 26.7 Å². The molecule has 0 fully saturated rings. The molecular weight excluding hydrogens is 489 g/mol. The van der Waals surface area contributed by atoms with Gasteiger partial charge in [-0.2, -0.15) is 0 Å². The zero-order valence-electron chi connectivity index (χ0n) is 20.5. The molecule has 0 unspecified atom stereocenters. The zero-order valence-corrected chi connectivity index (χ0v) is 21.3. The quantitative estimate of drug-likeness (QED) is 0.329. The van der Waals surface area contributed by atoms with Crippen LogP contribution in [0.5, 0.6) is 11.5 Å². The summed E-state index contributed by atoms with van der Waals surface area (Å²) in [4.78, 5) is 7.75. The van der Waals surface area contributed by atoms with Gasteiger partial charge >= 0.3 is 0 Å². The van der Waals surface area contributed by atoms with Crippen LogP contribution in [0.15, 0.2) is 41.1 Å². The Bertz CT molecular complexity index is 1440. The van der Waals surface area contributed by atoms with Gasteiger partial charge in [0.15, 0.2) is 27.2 Å². The largest absolute Gasteiger partial charge is 0.494 e. The van der Waals surface area contributed by atoms with Gasteiger partial charge in [0.2, 0.25) is 5.82 Å². The number of benzene rings is 1. The van der Waals surface area contributed by atoms with E-state index in [-0.39, 0.29) is 18.1 Å². The lowest BCUT2D eigenvalue weighted by Crippen LogP contribution is -2.24. The molecular formula is C24H26FN5O5S. The Morgan fingerprint density at radius 2 is 1.72 bits per heavy atom. The van der Waals surface area contributed by atoms with Crippen LogP contribution < -0.4 is 9.47 Å². The molecule has 36 heavy (non-hydrogen) atoms. The number of para-hydroxylation sites is 1. The van der Waals surface area contributed by atoms with Crippen molar-refractivity contribution >= 4 is 9.84 Å². The number of ether oxygens (including phenoxy) is 2. The van der Waals surface area contributed by atoms with E-state index in [1.165, 1.54) is 14.2 Å². The number of nitrogens with zero attached hydrogens (tertiary/aromatic N) is 5. The van der Waals surface area contributed by atoms with Crippen molar-refractivity contribution in [1.29, 1.82) is 0 Å². The summed E-state index contributed by atoms with van der Waals surface area (Å²) in [6.07, 6.45) is 2.02. The molecule has 0 aliphatic rings. The van der Waals surface area contributed by atoms with Crippen LogP contribution in [-0.4, -0.2) is 52.6 Å². The third-order valence-corrected chi connectivity index (χ3v) is 7.88. The smallest absolute Gasteiger partial charge is 0.204 e. The summed E-state index contributed by atoms with van der Waals surface area (Å²) in [5, 5.41) is 7.64. The Kier molecular flexibility index (Phi) is 7.07. The van der Waals surface area contributed by atoms with Crippen LogP contribution in [0.1, 0.15) is 29.9 Å². The molecule has 12 heteroatoms. The van der Waals surface area contributed by atoms with Gasteiger partial charge in [0.05, 0.1) is 31.9 Å². The van der Waals surface area contributed by atoms with E-state index in [0.29, 0.717) is 34.5 Å². The van der Waals surface area contributed by atoms with Crippen LogP contribution >= 0.6 is 0 Å². The molecule has 190 valence electrons. The summed E-state index contributed by atoms with van der Waals surface area (Å²) in [5.74, 6) is 1.62. The van der Waals surface area contributed by atoms with Gasteiger partial charge in [-0.3, -0.25) is 4.57 Å². The fourth-order valence-electron chi connectivity index (χ4n) is 3.69. The highest BCUT2D eigenvalue weighted by Gasteiger charge is 2.30. The molecule has 3 aromatic heterocycles. The van der Waals surface area contributed by atoms with Gasteiger partial charge in [-0.05, 0) is 44.5 Å². The second-order valence-electron chi connectivity index (χ2n) is 8.28. The highest BCUT2D eigenvalue weighted by atomic mass is 32.2. The van der Waals surface area contributed by atoms with E-state index in [9.17, 15) is 12.8 Å². The summed E-state index contributed by atoms with van der Waals surface area (Å²) in [6, 6.07) is 7.03. The molecule has 0 bridgehead atoms. The van der Waals surface area contributed by atoms with E-state index >= 15 is 0 Å². The van der Waals surface area contributed by atoms with Crippen molar-refractivity contribution in [3.05, 3.63) is 65.4 Å². The average Bonchev–Trinajstić information content (AvgIpc) is 3.41. The second-order valence-corrected chi connectivity index (χ2v) is 10.7. The van der Waals surface area contributed by atoms with Crippen molar-refractivity contribution in [2.24, 2.45) is 0 Å². The minimum absolute atomic E-state index is 0.0121. The van der Waals surface area contributed by atoms with Crippen molar-refractivity contribution in [2.45, 2.75) is 38.2 Å². The standard InChI is InChI=1S/C24H26FN5O5S/c1-14-9-20(35-16(14)3)24-29-28-22(30(24)23-18(33-4)7-6-8-19(23)34-5)13-36(31,32)15(2)10-21-26-11-17(25)12-27-21/h6-9,11-12,15H,10,13H2,1-5H3/t15-/m1/s1. The minimum Gasteiger partial charge on any atom is -0.494 e. The summed E-state index contributed by atoms with van der Waals surface area (Å²) in [5.41, 5.74) is 1.35. The third-order valence-electron chi connectivity index (χ3n) is 5.83. The normalized spacial score (nSPS) is 12.5. The molecule has 3 heterocycles. The Morgan fingerprint density at radius 3 is 2.28 bits per heavy atom. The van der Waals surface area contributed by atoms with Crippen molar-refractivity contribution in [3.8, 4) is 28.8 Å². The van der Waals surface area contributed by atoms with Gasteiger partial charge in [-0.1, -0.05) is 6.07 Å². The first-order chi connectivity index (χ1) is 17.1. The van der Waals surface area contributed by atoms with Crippen LogP contribution in [0.3, 0.4) is 0 Å². The maximum absolute atomic E-state index is 13.4. The molecule has 0 aliphatic carbocycles. The van der Waals surface area contributed by atoms with Crippen LogP contribution in [0.4, 0.5) is 4.39 Å². The van der Waals surface area contributed by atoms with Gasteiger partial charge in [-0.25, -0.2) is 22.8 Å². The van der Waals surface area contributed by atoms with Gasteiger partial charge in [0.1, 0.15) is 34.5 Å². The molecule has 10 nitrogen and oxygen atoms in total. The predicted octanol–water partition coefficient (Wildman–Crippen LogP) is 3.64. The number of halogens is 1. The van der Waals surface area contributed by atoms with Gasteiger partial charge < -0.3 is 13.9 Å². The molecule has 0 radical (unpaired) electrons. The van der Waals surface area contributed by atoms with E-state index in [2.05, 4.69) is 20.2 Å². The van der Waals surface area contributed by atoms with E-state index < -0.39 is 26.7 Å². The first-order valence-electron chi connectivity index (χ1n) is 11.1. The van der Waals surface area contributed by atoms with Crippen LogP contribution in [0, 0.1) is 19.7 Å². The molecule has 4 aromatic rings. The second kappa shape index (κ2) is 10.1. The number of rotatable bonds is 9. The molecule has 0 spiro atoms. The fourth-order valence-corrected chi connectivity index (χ4v) is 4.92. The number of hydrogen-bond acceptors (Lipinski definition) is 9. The molecule has 1 aromatic carbocycles. The van der Waals surface area contributed by atoms with Gasteiger partial charge in [-0.15, -0.1) is 10.2 Å². The maximum Gasteiger partial charge on any atom is 0.204 e. The first kappa shape index (κ1) is 25.3. The number of methoxy groups -OCH3 is 2. The molecule has 0 amide bonds.